The molecule has 0 aliphatic heterocycles. The molecular weight excluding hydrogens is 392 g/mol. The zero-order valence-corrected chi connectivity index (χ0v) is 16.7. The number of carbonyl (C=O) groups is 2. The van der Waals surface area contributed by atoms with Gasteiger partial charge in [0.15, 0.2) is 0 Å². The quantitative estimate of drug-likeness (QED) is 0.295. The van der Waals surface area contributed by atoms with Crippen LogP contribution in [0.4, 0.5) is 0 Å². The third-order valence-electron chi connectivity index (χ3n) is 3.41. The van der Waals surface area contributed by atoms with E-state index in [2.05, 4.69) is 13.2 Å². The molecule has 152 valence electrons. The second kappa shape index (κ2) is 12.3. The average Bonchev–Trinajstić information content (AvgIpc) is 2.76. The molecule has 6 nitrogen and oxygen atoms in total. The zero-order chi connectivity index (χ0) is 20.9. The average molecular weight is 414 g/mol. The van der Waals surface area contributed by atoms with E-state index in [1.54, 1.807) is 11.8 Å². The van der Waals surface area contributed by atoms with E-state index in [-0.39, 0.29) is 26.4 Å². The minimum absolute atomic E-state index is 0.173. The fraction of sp³-hybridized carbons (Fsp3) is 0.182. The number of carbonyl (C=O) groups excluding carboxylic acids is 2. The first-order valence-corrected chi connectivity index (χ1v) is 9.64. The lowest BCUT2D eigenvalue weighted by Gasteiger charge is -2.08. The molecule has 0 saturated carbocycles. The van der Waals surface area contributed by atoms with Gasteiger partial charge < -0.3 is 18.9 Å². The van der Waals surface area contributed by atoms with Crippen LogP contribution in [0.5, 0.6) is 11.5 Å². The summed E-state index contributed by atoms with van der Waals surface area (Å²) in [6.07, 6.45) is 2.23. The maximum absolute atomic E-state index is 10.9. The van der Waals surface area contributed by atoms with Crippen LogP contribution in [0.1, 0.15) is 0 Å². The first-order chi connectivity index (χ1) is 14.1. The molecule has 7 heteroatoms. The van der Waals surface area contributed by atoms with Crippen LogP contribution in [0, 0.1) is 0 Å². The fourth-order valence-electron chi connectivity index (χ4n) is 2.07. The van der Waals surface area contributed by atoms with Crippen molar-refractivity contribution in [2.45, 2.75) is 9.79 Å². The van der Waals surface area contributed by atoms with Crippen LogP contribution in [0.25, 0.3) is 0 Å². The third kappa shape index (κ3) is 8.57. The summed E-state index contributed by atoms with van der Waals surface area (Å²) in [5.41, 5.74) is 0. The second-order valence-corrected chi connectivity index (χ2v) is 6.63. The van der Waals surface area contributed by atoms with E-state index in [4.69, 9.17) is 18.9 Å². The van der Waals surface area contributed by atoms with Crippen LogP contribution in [0.15, 0.2) is 83.6 Å². The molecule has 2 aromatic rings. The van der Waals surface area contributed by atoms with Gasteiger partial charge in [-0.3, -0.25) is 0 Å². The van der Waals surface area contributed by atoms with Gasteiger partial charge in [0, 0.05) is 21.9 Å². The van der Waals surface area contributed by atoms with Crippen molar-refractivity contribution < 1.29 is 28.5 Å². The van der Waals surface area contributed by atoms with Gasteiger partial charge >= 0.3 is 11.9 Å². The third-order valence-corrected chi connectivity index (χ3v) is 4.43. The highest BCUT2D eigenvalue weighted by Gasteiger charge is 2.02. The Morgan fingerprint density at radius 1 is 0.690 bits per heavy atom. The maximum Gasteiger partial charge on any atom is 0.330 e. The summed E-state index contributed by atoms with van der Waals surface area (Å²) in [6, 6.07) is 15.3. The van der Waals surface area contributed by atoms with Gasteiger partial charge in [-0.05, 0) is 48.5 Å². The van der Waals surface area contributed by atoms with E-state index in [1.165, 1.54) is 0 Å². The summed E-state index contributed by atoms with van der Waals surface area (Å²) in [7, 11) is 0. The Kier molecular flexibility index (Phi) is 9.38. The van der Waals surface area contributed by atoms with Crippen LogP contribution >= 0.6 is 11.8 Å². The van der Waals surface area contributed by atoms with Gasteiger partial charge in [0.05, 0.1) is 0 Å². The normalized spacial score (nSPS) is 9.93. The van der Waals surface area contributed by atoms with Crippen molar-refractivity contribution in [1.29, 1.82) is 0 Å². The van der Waals surface area contributed by atoms with Crippen molar-refractivity contribution in [1.82, 2.24) is 0 Å². The Morgan fingerprint density at radius 3 is 1.41 bits per heavy atom. The lowest BCUT2D eigenvalue weighted by Crippen LogP contribution is -2.10. The van der Waals surface area contributed by atoms with Crippen molar-refractivity contribution in [2.75, 3.05) is 26.4 Å². The van der Waals surface area contributed by atoms with Crippen molar-refractivity contribution in [2.24, 2.45) is 0 Å². The molecule has 0 aliphatic rings. The molecule has 0 aromatic heterocycles. The number of benzene rings is 2. The second-order valence-electron chi connectivity index (χ2n) is 5.49. The smallest absolute Gasteiger partial charge is 0.330 e. The molecule has 0 amide bonds. The maximum atomic E-state index is 10.9. The van der Waals surface area contributed by atoms with Crippen LogP contribution in [0.3, 0.4) is 0 Å². The monoisotopic (exact) mass is 414 g/mol. The first kappa shape index (κ1) is 22.1. The number of hydrogen-bond donors (Lipinski definition) is 0. The van der Waals surface area contributed by atoms with E-state index < -0.39 is 11.9 Å². The predicted molar refractivity (Wildman–Crippen MR) is 110 cm³/mol. The molecule has 0 radical (unpaired) electrons. The van der Waals surface area contributed by atoms with Crippen LogP contribution < -0.4 is 9.47 Å². The van der Waals surface area contributed by atoms with E-state index in [0.717, 1.165) is 21.9 Å². The van der Waals surface area contributed by atoms with E-state index in [9.17, 15) is 9.59 Å². The molecule has 0 N–H and O–H groups in total. The Labute approximate surface area is 174 Å². The molecule has 0 atom stereocenters. The molecule has 0 aliphatic carbocycles. The molecule has 0 unspecified atom stereocenters. The number of ether oxygens (including phenoxy) is 4. The van der Waals surface area contributed by atoms with E-state index in [1.807, 2.05) is 48.5 Å². The SMILES string of the molecule is C=CC(=O)OCCOc1ccc(Sc2ccc(OCCOC(=O)C=C)cc2)cc1. The highest BCUT2D eigenvalue weighted by molar-refractivity contribution is 7.99. The summed E-state index contributed by atoms with van der Waals surface area (Å²) in [4.78, 5) is 24.0. The minimum Gasteiger partial charge on any atom is -0.490 e. The van der Waals surface area contributed by atoms with Gasteiger partial charge in [0.25, 0.3) is 0 Å². The number of hydrogen-bond acceptors (Lipinski definition) is 7. The Balaban J connectivity index is 1.73. The Morgan fingerprint density at radius 2 is 1.07 bits per heavy atom. The molecular formula is C22H22O6S. The number of esters is 2. The summed E-state index contributed by atoms with van der Waals surface area (Å²) in [5, 5.41) is 0. The molecule has 0 heterocycles. The lowest BCUT2D eigenvalue weighted by molar-refractivity contribution is -0.139. The van der Waals surface area contributed by atoms with E-state index in [0.29, 0.717) is 11.5 Å². The first-order valence-electron chi connectivity index (χ1n) is 8.82. The Bertz CT molecular complexity index is 745. The van der Waals surface area contributed by atoms with Gasteiger partial charge in [-0.1, -0.05) is 24.9 Å². The standard InChI is InChI=1S/C22H22O6S/c1-3-21(23)27-15-13-25-17-5-9-19(10-6-17)29-20-11-7-18(8-12-20)26-14-16-28-22(24)4-2/h3-12H,1-2,13-16H2. The highest BCUT2D eigenvalue weighted by atomic mass is 32.2. The molecule has 0 fully saturated rings. The van der Waals surface area contributed by atoms with E-state index >= 15 is 0 Å². The molecule has 0 saturated heterocycles. The largest absolute Gasteiger partial charge is 0.490 e. The molecule has 0 bridgehead atoms. The van der Waals surface area contributed by atoms with Crippen LogP contribution in [-0.4, -0.2) is 38.4 Å². The molecule has 29 heavy (non-hydrogen) atoms. The topological polar surface area (TPSA) is 71.1 Å². The summed E-state index contributed by atoms with van der Waals surface area (Å²) in [6.45, 7) is 7.56. The Hall–Kier alpha value is -3.19. The molecule has 2 aromatic carbocycles. The summed E-state index contributed by atoms with van der Waals surface area (Å²) < 4.78 is 20.7. The predicted octanol–water partition coefficient (Wildman–Crippen LogP) is 4.05. The van der Waals surface area contributed by atoms with Crippen molar-refractivity contribution >= 4 is 23.7 Å². The van der Waals surface area contributed by atoms with Gasteiger partial charge in [-0.2, -0.15) is 0 Å². The van der Waals surface area contributed by atoms with Gasteiger partial charge in [0.1, 0.15) is 37.9 Å². The summed E-state index contributed by atoms with van der Waals surface area (Å²) in [5.74, 6) is 0.468. The van der Waals surface area contributed by atoms with Crippen LogP contribution in [-0.2, 0) is 19.1 Å². The van der Waals surface area contributed by atoms with Crippen molar-refractivity contribution in [3.05, 3.63) is 73.8 Å². The van der Waals surface area contributed by atoms with Gasteiger partial charge in [-0.25, -0.2) is 9.59 Å². The zero-order valence-electron chi connectivity index (χ0n) is 15.9. The van der Waals surface area contributed by atoms with Crippen molar-refractivity contribution in [3.63, 3.8) is 0 Å². The van der Waals surface area contributed by atoms with Crippen LogP contribution in [0.2, 0.25) is 0 Å². The minimum atomic E-state index is -0.465. The van der Waals surface area contributed by atoms with Gasteiger partial charge in [0.2, 0.25) is 0 Å². The molecule has 2 rings (SSSR count). The highest BCUT2D eigenvalue weighted by Crippen LogP contribution is 2.30. The summed E-state index contributed by atoms with van der Waals surface area (Å²) >= 11 is 1.60. The molecule has 0 spiro atoms. The van der Waals surface area contributed by atoms with Crippen molar-refractivity contribution in [3.8, 4) is 11.5 Å². The van der Waals surface area contributed by atoms with Gasteiger partial charge in [-0.15, -0.1) is 0 Å². The lowest BCUT2D eigenvalue weighted by atomic mass is 10.3. The number of rotatable bonds is 12. The fourth-order valence-corrected chi connectivity index (χ4v) is 2.88.